The van der Waals surface area contributed by atoms with Gasteiger partial charge in [0.15, 0.2) is 0 Å². The van der Waals surface area contributed by atoms with E-state index in [4.69, 9.17) is 0 Å². The van der Waals surface area contributed by atoms with Crippen LogP contribution in [-0.2, 0) is 9.59 Å². The Morgan fingerprint density at radius 3 is 2.38 bits per heavy atom. The minimum absolute atomic E-state index is 0. The number of piperidine rings is 1. The van der Waals surface area contributed by atoms with Crippen molar-refractivity contribution in [3.63, 3.8) is 0 Å². The van der Waals surface area contributed by atoms with Crippen LogP contribution < -0.4 is 10.6 Å². The number of nitrogens with one attached hydrogen (secondary N) is 2. The topological polar surface area (TPSA) is 64.7 Å². The van der Waals surface area contributed by atoms with E-state index in [1.54, 1.807) is 0 Å². The Morgan fingerprint density at radius 2 is 1.77 bits per heavy atom. The smallest absolute Gasteiger partial charge is 0.238 e. The van der Waals surface area contributed by atoms with Gasteiger partial charge in [-0.1, -0.05) is 18.2 Å². The number of nitrogens with zero attached hydrogens (tertiary/aromatic N) is 2. The molecule has 1 aromatic rings. The van der Waals surface area contributed by atoms with Crippen molar-refractivity contribution in [2.24, 2.45) is 5.92 Å². The second kappa shape index (κ2) is 11.4. The molecule has 2 N–H and O–H groups in total. The molecule has 3 rings (SSSR count). The number of rotatable bonds is 4. The predicted octanol–water partition coefficient (Wildman–Crippen LogP) is 1.61. The highest BCUT2D eigenvalue weighted by Crippen LogP contribution is 2.15. The average Bonchev–Trinajstić information content (AvgIpc) is 2.63. The Kier molecular flexibility index (Phi) is 9.94. The quantitative estimate of drug-likeness (QED) is 0.802. The van der Waals surface area contributed by atoms with Gasteiger partial charge in [-0.2, -0.15) is 0 Å². The van der Waals surface area contributed by atoms with E-state index in [0.29, 0.717) is 19.6 Å². The summed E-state index contributed by atoms with van der Waals surface area (Å²) in [6.07, 6.45) is 2.07. The van der Waals surface area contributed by atoms with Gasteiger partial charge in [0.1, 0.15) is 0 Å². The van der Waals surface area contributed by atoms with Crippen molar-refractivity contribution >= 4 is 42.3 Å². The number of halogens is 2. The lowest BCUT2D eigenvalue weighted by Gasteiger charge is -2.36. The lowest BCUT2D eigenvalue weighted by Crippen LogP contribution is -2.53. The molecule has 1 unspecified atom stereocenters. The summed E-state index contributed by atoms with van der Waals surface area (Å²) < 4.78 is 0. The molecule has 2 saturated heterocycles. The SMILES string of the molecule is Cl.Cl.O=C(CN1CCN(C(=O)C2CCCNC2)CC1)Nc1ccccc1. The molecule has 0 aliphatic carbocycles. The van der Waals surface area contributed by atoms with Crippen LogP contribution in [0.4, 0.5) is 5.69 Å². The van der Waals surface area contributed by atoms with Crippen LogP contribution in [0.1, 0.15) is 12.8 Å². The summed E-state index contributed by atoms with van der Waals surface area (Å²) in [5.41, 5.74) is 0.820. The predicted molar refractivity (Wildman–Crippen MR) is 108 cm³/mol. The van der Waals surface area contributed by atoms with Crippen LogP contribution in [0, 0.1) is 5.92 Å². The molecule has 0 saturated carbocycles. The molecule has 0 aromatic heterocycles. The average molecular weight is 403 g/mol. The van der Waals surface area contributed by atoms with Gasteiger partial charge in [-0.05, 0) is 31.5 Å². The summed E-state index contributed by atoms with van der Waals surface area (Å²) in [5.74, 6) is 0.403. The number of benzene rings is 1. The molecule has 2 fully saturated rings. The number of anilines is 1. The summed E-state index contributed by atoms with van der Waals surface area (Å²) in [6, 6.07) is 9.49. The highest BCUT2D eigenvalue weighted by Gasteiger charge is 2.28. The van der Waals surface area contributed by atoms with E-state index in [9.17, 15) is 9.59 Å². The maximum Gasteiger partial charge on any atom is 0.238 e. The van der Waals surface area contributed by atoms with Crippen LogP contribution in [0.3, 0.4) is 0 Å². The lowest BCUT2D eigenvalue weighted by atomic mass is 9.98. The molecule has 6 nitrogen and oxygen atoms in total. The van der Waals surface area contributed by atoms with Crippen molar-refractivity contribution in [3.8, 4) is 0 Å². The fourth-order valence-corrected chi connectivity index (χ4v) is 3.37. The van der Waals surface area contributed by atoms with Crippen LogP contribution in [0.15, 0.2) is 30.3 Å². The van der Waals surface area contributed by atoms with Crippen LogP contribution in [0.5, 0.6) is 0 Å². The minimum atomic E-state index is -0.00235. The molecule has 1 atom stereocenters. The van der Waals surface area contributed by atoms with Crippen molar-refractivity contribution in [1.29, 1.82) is 0 Å². The van der Waals surface area contributed by atoms with E-state index in [0.717, 1.165) is 44.7 Å². The van der Waals surface area contributed by atoms with Gasteiger partial charge in [-0.3, -0.25) is 14.5 Å². The first-order chi connectivity index (χ1) is 11.7. The summed E-state index contributed by atoms with van der Waals surface area (Å²) in [4.78, 5) is 28.7. The number of hydrogen-bond donors (Lipinski definition) is 2. The maximum atomic E-state index is 12.5. The number of amides is 2. The van der Waals surface area contributed by atoms with Gasteiger partial charge >= 0.3 is 0 Å². The van der Waals surface area contributed by atoms with Crippen molar-refractivity contribution in [1.82, 2.24) is 15.1 Å². The molecule has 2 aliphatic rings. The van der Waals surface area contributed by atoms with E-state index in [-0.39, 0.29) is 42.5 Å². The minimum Gasteiger partial charge on any atom is -0.340 e. The lowest BCUT2D eigenvalue weighted by molar-refractivity contribution is -0.137. The Hall–Kier alpha value is -1.34. The summed E-state index contributed by atoms with van der Waals surface area (Å²) in [7, 11) is 0. The fraction of sp³-hybridized carbons (Fsp3) is 0.556. The first kappa shape index (κ1) is 22.7. The molecule has 0 bridgehead atoms. The summed E-state index contributed by atoms with van der Waals surface area (Å²) >= 11 is 0. The monoisotopic (exact) mass is 402 g/mol. The van der Waals surface area contributed by atoms with Crippen LogP contribution in [-0.4, -0.2) is 67.4 Å². The molecule has 2 amide bonds. The Balaban J connectivity index is 0.00000169. The van der Waals surface area contributed by atoms with E-state index in [1.165, 1.54) is 0 Å². The molecule has 2 aliphatic heterocycles. The zero-order valence-corrected chi connectivity index (χ0v) is 16.5. The molecular weight excluding hydrogens is 375 g/mol. The van der Waals surface area contributed by atoms with Crippen molar-refractivity contribution in [2.45, 2.75) is 12.8 Å². The molecule has 146 valence electrons. The van der Waals surface area contributed by atoms with Crippen molar-refractivity contribution < 1.29 is 9.59 Å². The molecule has 8 heteroatoms. The third-order valence-corrected chi connectivity index (χ3v) is 4.75. The normalized spacial score (nSPS) is 20.5. The Morgan fingerprint density at radius 1 is 1.08 bits per heavy atom. The number of carbonyl (C=O) groups is 2. The van der Waals surface area contributed by atoms with Gasteiger partial charge in [0, 0.05) is 38.4 Å². The number of para-hydroxylation sites is 1. The summed E-state index contributed by atoms with van der Waals surface area (Å²) in [5, 5.41) is 6.21. The summed E-state index contributed by atoms with van der Waals surface area (Å²) in [6.45, 7) is 5.15. The van der Waals surface area contributed by atoms with Crippen molar-refractivity contribution in [2.75, 3.05) is 51.1 Å². The zero-order valence-electron chi connectivity index (χ0n) is 14.9. The Labute approximate surface area is 167 Å². The molecule has 2 heterocycles. The van der Waals surface area contributed by atoms with Gasteiger partial charge in [-0.25, -0.2) is 0 Å². The van der Waals surface area contributed by atoms with Gasteiger partial charge in [0.05, 0.1) is 12.5 Å². The first-order valence-corrected chi connectivity index (χ1v) is 8.79. The van der Waals surface area contributed by atoms with E-state index in [1.807, 2.05) is 35.2 Å². The fourth-order valence-electron chi connectivity index (χ4n) is 3.37. The molecule has 1 aromatic carbocycles. The molecule has 0 radical (unpaired) electrons. The van der Waals surface area contributed by atoms with Crippen LogP contribution >= 0.6 is 24.8 Å². The highest BCUT2D eigenvalue weighted by molar-refractivity contribution is 5.92. The van der Waals surface area contributed by atoms with Gasteiger partial charge in [-0.15, -0.1) is 24.8 Å². The molecule has 26 heavy (non-hydrogen) atoms. The molecular formula is C18H28Cl2N4O2. The zero-order chi connectivity index (χ0) is 16.8. The van der Waals surface area contributed by atoms with Gasteiger partial charge in [0.25, 0.3) is 0 Å². The number of carbonyl (C=O) groups excluding carboxylic acids is 2. The van der Waals surface area contributed by atoms with Gasteiger partial charge < -0.3 is 15.5 Å². The standard InChI is InChI=1S/C18H26N4O2.2ClH/c23-17(20-16-6-2-1-3-7-16)14-21-9-11-22(12-10-21)18(24)15-5-4-8-19-13-15;;/h1-3,6-7,15,19H,4-5,8-14H2,(H,20,23);2*1H. The van der Waals surface area contributed by atoms with Crippen LogP contribution in [0.25, 0.3) is 0 Å². The maximum absolute atomic E-state index is 12.5. The van der Waals surface area contributed by atoms with E-state index >= 15 is 0 Å². The first-order valence-electron chi connectivity index (χ1n) is 8.79. The van der Waals surface area contributed by atoms with E-state index in [2.05, 4.69) is 15.5 Å². The number of hydrogen-bond acceptors (Lipinski definition) is 4. The third-order valence-electron chi connectivity index (χ3n) is 4.75. The van der Waals surface area contributed by atoms with Gasteiger partial charge in [0.2, 0.25) is 11.8 Å². The van der Waals surface area contributed by atoms with E-state index < -0.39 is 0 Å². The number of piperazine rings is 1. The second-order valence-corrected chi connectivity index (χ2v) is 6.56. The highest BCUT2D eigenvalue weighted by atomic mass is 35.5. The Bertz CT molecular complexity index is 560. The second-order valence-electron chi connectivity index (χ2n) is 6.56. The largest absolute Gasteiger partial charge is 0.340 e. The molecule has 0 spiro atoms. The third kappa shape index (κ3) is 6.43. The van der Waals surface area contributed by atoms with Crippen molar-refractivity contribution in [3.05, 3.63) is 30.3 Å². The van der Waals surface area contributed by atoms with Crippen LogP contribution in [0.2, 0.25) is 0 Å².